The maximum Gasteiger partial charge on any atom is 0.119 e. The van der Waals surface area contributed by atoms with Crippen LogP contribution in [0, 0.1) is 22.7 Å². The molecular weight excluding hydrogens is 330 g/mol. The number of ether oxygens (including phenoxy) is 1. The Morgan fingerprint density at radius 3 is 2.68 bits per heavy atom. The van der Waals surface area contributed by atoms with E-state index in [1.165, 1.54) is 12.1 Å². The van der Waals surface area contributed by atoms with E-state index in [0.717, 1.165) is 31.3 Å². The second-order valence-corrected chi connectivity index (χ2v) is 8.78. The summed E-state index contributed by atoms with van der Waals surface area (Å²) in [6.45, 7) is 10.9. The first-order valence-electron chi connectivity index (χ1n) is 9.20. The lowest BCUT2D eigenvalue weighted by atomic mass is 9.73. The van der Waals surface area contributed by atoms with E-state index < -0.39 is 0 Å². The molecule has 4 rings (SSSR count). The van der Waals surface area contributed by atoms with Crippen molar-refractivity contribution in [2.75, 3.05) is 42.8 Å². The summed E-state index contributed by atoms with van der Waals surface area (Å²) in [5.74, 6) is 3.18. The second kappa shape index (κ2) is 7.88. The number of rotatable bonds is 6. The van der Waals surface area contributed by atoms with E-state index in [0.29, 0.717) is 29.7 Å². The highest BCUT2D eigenvalue weighted by molar-refractivity contribution is 7.99. The van der Waals surface area contributed by atoms with E-state index in [4.69, 9.17) is 10.00 Å². The van der Waals surface area contributed by atoms with Crippen LogP contribution in [0.1, 0.15) is 27.2 Å². The molecule has 2 bridgehead atoms. The van der Waals surface area contributed by atoms with E-state index in [1.807, 2.05) is 6.92 Å². The van der Waals surface area contributed by atoms with Gasteiger partial charge in [0.2, 0.25) is 0 Å². The molecule has 0 saturated carbocycles. The molecular formula is C20H29N3OS. The number of benzene rings is 1. The van der Waals surface area contributed by atoms with Crippen molar-refractivity contribution in [2.45, 2.75) is 33.2 Å². The molecule has 3 fully saturated rings. The van der Waals surface area contributed by atoms with Crippen LogP contribution in [0.4, 0.5) is 5.69 Å². The quantitative estimate of drug-likeness (QED) is 0.722. The first-order chi connectivity index (χ1) is 12.0. The Bertz CT molecular complexity index is 610. The molecule has 4 nitrogen and oxygen atoms in total. The van der Waals surface area contributed by atoms with Crippen molar-refractivity contribution in [2.24, 2.45) is 11.3 Å². The zero-order chi connectivity index (χ0) is 17.9. The van der Waals surface area contributed by atoms with E-state index in [1.54, 1.807) is 11.8 Å². The Hall–Kier alpha value is -1.38. The third kappa shape index (κ3) is 4.24. The summed E-state index contributed by atoms with van der Waals surface area (Å²) in [5, 5.41) is 8.79. The molecule has 1 unspecified atom stereocenters. The van der Waals surface area contributed by atoms with Gasteiger partial charge in [0.25, 0.3) is 0 Å². The number of fused-ring (bicyclic) bond motifs is 4. The number of nitriles is 1. The Balaban J connectivity index is 1.78. The predicted molar refractivity (Wildman–Crippen MR) is 105 cm³/mol. The van der Waals surface area contributed by atoms with Gasteiger partial charge < -0.3 is 9.64 Å². The Labute approximate surface area is 156 Å². The molecule has 0 radical (unpaired) electrons. The smallest absolute Gasteiger partial charge is 0.119 e. The molecule has 1 aromatic rings. The molecule has 5 heteroatoms. The van der Waals surface area contributed by atoms with Crippen molar-refractivity contribution in [1.29, 1.82) is 5.26 Å². The number of hydrogen-bond donors (Lipinski definition) is 0. The van der Waals surface area contributed by atoms with Crippen LogP contribution in [0.2, 0.25) is 0 Å². The maximum absolute atomic E-state index is 8.79. The van der Waals surface area contributed by atoms with Crippen molar-refractivity contribution in [3.05, 3.63) is 24.3 Å². The first-order valence-corrected chi connectivity index (χ1v) is 10.4. The third-order valence-corrected chi connectivity index (χ3v) is 6.30. The van der Waals surface area contributed by atoms with E-state index in [9.17, 15) is 0 Å². The van der Waals surface area contributed by atoms with Gasteiger partial charge in [0.1, 0.15) is 5.75 Å². The lowest BCUT2D eigenvalue weighted by Crippen LogP contribution is -2.53. The summed E-state index contributed by atoms with van der Waals surface area (Å²) in [4.78, 5) is 5.17. The van der Waals surface area contributed by atoms with Crippen LogP contribution in [0.15, 0.2) is 24.3 Å². The molecule has 3 heterocycles. The summed E-state index contributed by atoms with van der Waals surface area (Å²) in [6.07, 6.45) is 1.28. The number of nitrogens with zero attached hydrogens (tertiary/aromatic N) is 3. The molecule has 0 amide bonds. The van der Waals surface area contributed by atoms with Gasteiger partial charge >= 0.3 is 0 Å². The molecule has 0 aromatic heterocycles. The average molecular weight is 360 g/mol. The van der Waals surface area contributed by atoms with Gasteiger partial charge in [0, 0.05) is 37.2 Å². The zero-order valence-corrected chi connectivity index (χ0v) is 16.4. The van der Waals surface area contributed by atoms with Gasteiger partial charge in [-0.05, 0) is 48.9 Å². The Kier molecular flexibility index (Phi) is 5.81. The van der Waals surface area contributed by atoms with Crippen LogP contribution in [0.25, 0.3) is 0 Å². The lowest BCUT2D eigenvalue weighted by Gasteiger charge is -2.48. The summed E-state index contributed by atoms with van der Waals surface area (Å²) >= 11 is 1.74. The number of thioether (sulfide) groups is 1. The van der Waals surface area contributed by atoms with Crippen molar-refractivity contribution in [3.8, 4) is 11.8 Å². The highest BCUT2D eigenvalue weighted by atomic mass is 32.2. The minimum Gasteiger partial charge on any atom is -0.494 e. The molecule has 3 aliphatic heterocycles. The van der Waals surface area contributed by atoms with Crippen LogP contribution in [-0.2, 0) is 0 Å². The Morgan fingerprint density at radius 1 is 1.24 bits per heavy atom. The SMILES string of the molecule is CCOc1ccc(N2C[C@H]3CN(CSCC#N)CC2C(C)(C)C3)cc1. The standard InChI is InChI=1S/C20H29N3OS/c1-4-24-18-7-5-17(6-8-18)23-13-16-11-20(2,3)19(23)14-22(12-16)15-25-10-9-21/h5-8,16,19H,4,10-15H2,1-3H3/t16-,19?/m1/s1. The molecule has 2 atom stereocenters. The molecule has 136 valence electrons. The fourth-order valence-electron chi connectivity index (χ4n) is 4.44. The van der Waals surface area contributed by atoms with E-state index in [-0.39, 0.29) is 0 Å². The molecule has 3 saturated heterocycles. The summed E-state index contributed by atoms with van der Waals surface area (Å²) in [6, 6.07) is 11.3. The van der Waals surface area contributed by atoms with Crippen LogP contribution in [0.3, 0.4) is 0 Å². The lowest BCUT2D eigenvalue weighted by molar-refractivity contribution is 0.191. The highest BCUT2D eigenvalue weighted by Crippen LogP contribution is 2.43. The van der Waals surface area contributed by atoms with Crippen molar-refractivity contribution in [1.82, 2.24) is 4.90 Å². The monoisotopic (exact) mass is 359 g/mol. The second-order valence-electron chi connectivity index (χ2n) is 7.83. The average Bonchev–Trinajstić information content (AvgIpc) is 2.82. The highest BCUT2D eigenvalue weighted by Gasteiger charge is 2.45. The zero-order valence-electron chi connectivity index (χ0n) is 15.6. The number of anilines is 1. The predicted octanol–water partition coefficient (Wildman–Crippen LogP) is 3.84. The summed E-state index contributed by atoms with van der Waals surface area (Å²) in [7, 11) is 0. The van der Waals surface area contributed by atoms with Crippen molar-refractivity contribution >= 4 is 17.4 Å². The summed E-state index contributed by atoms with van der Waals surface area (Å²) < 4.78 is 5.59. The van der Waals surface area contributed by atoms with Gasteiger partial charge in [-0.1, -0.05) is 13.8 Å². The molecule has 0 spiro atoms. The van der Waals surface area contributed by atoms with Gasteiger partial charge in [0.05, 0.1) is 18.4 Å². The van der Waals surface area contributed by atoms with E-state index >= 15 is 0 Å². The van der Waals surface area contributed by atoms with E-state index in [2.05, 4.69) is 54.0 Å². The number of hydrogen-bond acceptors (Lipinski definition) is 5. The van der Waals surface area contributed by atoms with Gasteiger partial charge in [-0.2, -0.15) is 5.26 Å². The number of piperidine rings is 1. The fraction of sp³-hybridized carbons (Fsp3) is 0.650. The van der Waals surface area contributed by atoms with Crippen LogP contribution >= 0.6 is 11.8 Å². The topological polar surface area (TPSA) is 39.5 Å². The first kappa shape index (κ1) is 18.4. The largest absolute Gasteiger partial charge is 0.494 e. The Morgan fingerprint density at radius 2 is 2.00 bits per heavy atom. The van der Waals surface area contributed by atoms with Gasteiger partial charge in [-0.3, -0.25) is 4.90 Å². The fourth-order valence-corrected chi connectivity index (χ4v) is 5.09. The van der Waals surface area contributed by atoms with Gasteiger partial charge in [-0.15, -0.1) is 11.8 Å². The van der Waals surface area contributed by atoms with Crippen LogP contribution in [0.5, 0.6) is 5.75 Å². The third-order valence-electron chi connectivity index (χ3n) is 5.42. The van der Waals surface area contributed by atoms with Crippen LogP contribution in [-0.4, -0.2) is 48.8 Å². The van der Waals surface area contributed by atoms with Crippen LogP contribution < -0.4 is 9.64 Å². The molecule has 25 heavy (non-hydrogen) atoms. The maximum atomic E-state index is 8.79. The van der Waals surface area contributed by atoms with Gasteiger partial charge in [-0.25, -0.2) is 0 Å². The molecule has 3 aliphatic rings. The summed E-state index contributed by atoms with van der Waals surface area (Å²) in [5.41, 5.74) is 1.61. The van der Waals surface area contributed by atoms with Crippen molar-refractivity contribution in [3.63, 3.8) is 0 Å². The molecule has 0 aliphatic carbocycles. The molecule has 0 N–H and O–H groups in total. The normalized spacial score (nSPS) is 25.4. The minimum atomic E-state index is 0.302. The van der Waals surface area contributed by atoms with Crippen molar-refractivity contribution < 1.29 is 4.74 Å². The minimum absolute atomic E-state index is 0.302. The van der Waals surface area contributed by atoms with Gasteiger partial charge in [0.15, 0.2) is 0 Å². The molecule has 1 aromatic carbocycles.